The van der Waals surface area contributed by atoms with E-state index in [4.69, 9.17) is 10.2 Å². The van der Waals surface area contributed by atoms with E-state index in [2.05, 4.69) is 16.5 Å². The summed E-state index contributed by atoms with van der Waals surface area (Å²) in [5, 5.41) is 0. The van der Waals surface area contributed by atoms with E-state index >= 15 is 0 Å². The smallest absolute Gasteiger partial charge is 0.109 e. The van der Waals surface area contributed by atoms with Gasteiger partial charge in [-0.05, 0) is 30.3 Å². The number of hydrogen-bond acceptors (Lipinski definition) is 3. The van der Waals surface area contributed by atoms with Crippen LogP contribution in [0.1, 0.15) is 18.5 Å². The molecule has 0 aliphatic heterocycles. The van der Waals surface area contributed by atoms with Gasteiger partial charge >= 0.3 is 0 Å². The van der Waals surface area contributed by atoms with Crippen molar-refractivity contribution in [2.45, 2.75) is 26.3 Å². The molecule has 0 atom stereocenters. The molecule has 3 rings (SSSR count). The van der Waals surface area contributed by atoms with Crippen LogP contribution in [0.2, 0.25) is 0 Å². The van der Waals surface area contributed by atoms with Crippen LogP contribution in [-0.4, -0.2) is 9.55 Å². The molecule has 3 aromatic rings. The highest BCUT2D eigenvalue weighted by atomic mass is 16.3. The van der Waals surface area contributed by atoms with Crippen molar-refractivity contribution in [1.29, 1.82) is 0 Å². The minimum Gasteiger partial charge on any atom is -0.469 e. The Morgan fingerprint density at radius 3 is 2.95 bits per heavy atom. The minimum absolute atomic E-state index is 0.755. The zero-order valence-electron chi connectivity index (χ0n) is 11.0. The van der Waals surface area contributed by atoms with Crippen LogP contribution in [0.3, 0.4) is 0 Å². The molecule has 0 bridgehead atoms. The lowest BCUT2D eigenvalue weighted by Gasteiger charge is -2.06. The molecule has 2 aromatic heterocycles. The first-order chi connectivity index (χ1) is 9.28. The molecule has 98 valence electrons. The van der Waals surface area contributed by atoms with E-state index in [1.54, 1.807) is 6.26 Å². The number of benzene rings is 1. The van der Waals surface area contributed by atoms with Gasteiger partial charge in [0, 0.05) is 25.1 Å². The van der Waals surface area contributed by atoms with Gasteiger partial charge in [-0.2, -0.15) is 0 Å². The normalized spacial score (nSPS) is 11.2. The second kappa shape index (κ2) is 4.80. The number of nitrogens with zero attached hydrogens (tertiary/aromatic N) is 2. The predicted octanol–water partition coefficient (Wildman–Crippen LogP) is 3.02. The van der Waals surface area contributed by atoms with Crippen molar-refractivity contribution >= 4 is 16.7 Å². The number of aromatic nitrogens is 2. The molecule has 0 radical (unpaired) electrons. The van der Waals surface area contributed by atoms with Crippen molar-refractivity contribution < 1.29 is 4.42 Å². The second-order valence-electron chi connectivity index (χ2n) is 4.61. The van der Waals surface area contributed by atoms with Crippen LogP contribution in [0.25, 0.3) is 11.0 Å². The number of furan rings is 1. The third-order valence-corrected chi connectivity index (χ3v) is 3.33. The van der Waals surface area contributed by atoms with Gasteiger partial charge in [0.15, 0.2) is 0 Å². The molecule has 0 saturated carbocycles. The van der Waals surface area contributed by atoms with Gasteiger partial charge in [-0.3, -0.25) is 0 Å². The Morgan fingerprint density at radius 2 is 2.21 bits per heavy atom. The highest BCUT2D eigenvalue weighted by molar-refractivity contribution is 5.79. The first-order valence-electron chi connectivity index (χ1n) is 6.55. The van der Waals surface area contributed by atoms with E-state index in [-0.39, 0.29) is 0 Å². The zero-order valence-corrected chi connectivity index (χ0v) is 11.0. The first kappa shape index (κ1) is 11.8. The number of aryl methyl sites for hydroxylation is 3. The van der Waals surface area contributed by atoms with Crippen molar-refractivity contribution in [3.63, 3.8) is 0 Å². The van der Waals surface area contributed by atoms with Crippen LogP contribution in [-0.2, 0) is 19.4 Å². The van der Waals surface area contributed by atoms with E-state index in [0.717, 1.165) is 47.7 Å². The molecule has 0 fully saturated rings. The highest BCUT2D eigenvalue weighted by Crippen LogP contribution is 2.20. The number of imidazole rings is 1. The Kier molecular flexibility index (Phi) is 2.99. The minimum atomic E-state index is 0.755. The summed E-state index contributed by atoms with van der Waals surface area (Å²) >= 11 is 0. The van der Waals surface area contributed by atoms with Gasteiger partial charge in [0.2, 0.25) is 0 Å². The summed E-state index contributed by atoms with van der Waals surface area (Å²) < 4.78 is 7.63. The Balaban J connectivity index is 1.96. The van der Waals surface area contributed by atoms with Crippen molar-refractivity contribution in [1.82, 2.24) is 9.55 Å². The van der Waals surface area contributed by atoms with Crippen LogP contribution >= 0.6 is 0 Å². The van der Waals surface area contributed by atoms with Crippen LogP contribution in [0.4, 0.5) is 5.69 Å². The first-order valence-corrected chi connectivity index (χ1v) is 6.55. The monoisotopic (exact) mass is 255 g/mol. The highest BCUT2D eigenvalue weighted by Gasteiger charge is 2.10. The third kappa shape index (κ3) is 2.21. The van der Waals surface area contributed by atoms with Gasteiger partial charge in [-0.1, -0.05) is 6.92 Å². The average molecular weight is 255 g/mol. The average Bonchev–Trinajstić information content (AvgIpc) is 3.02. The maximum absolute atomic E-state index is 5.81. The molecule has 2 heterocycles. The molecule has 4 nitrogen and oxygen atoms in total. The molecular formula is C15H17N3O. The maximum Gasteiger partial charge on any atom is 0.109 e. The van der Waals surface area contributed by atoms with Crippen LogP contribution in [0.5, 0.6) is 0 Å². The van der Waals surface area contributed by atoms with E-state index in [1.807, 2.05) is 30.3 Å². The largest absolute Gasteiger partial charge is 0.469 e. The molecule has 19 heavy (non-hydrogen) atoms. The maximum atomic E-state index is 5.81. The molecule has 2 N–H and O–H groups in total. The SMILES string of the molecule is CCc1nc2cc(N)ccc2n1CCc1ccco1. The van der Waals surface area contributed by atoms with E-state index < -0.39 is 0 Å². The van der Waals surface area contributed by atoms with Crippen LogP contribution < -0.4 is 5.73 Å². The summed E-state index contributed by atoms with van der Waals surface area (Å²) in [7, 11) is 0. The Hall–Kier alpha value is -2.23. The molecule has 0 amide bonds. The number of anilines is 1. The number of nitrogen functional groups attached to an aromatic ring is 1. The lowest BCUT2D eigenvalue weighted by Crippen LogP contribution is -2.05. The lowest BCUT2D eigenvalue weighted by molar-refractivity contribution is 0.490. The number of rotatable bonds is 4. The number of fused-ring (bicyclic) bond motifs is 1. The number of nitrogens with two attached hydrogens (primary N) is 1. The Labute approximate surface area is 111 Å². The van der Waals surface area contributed by atoms with Crippen molar-refractivity contribution in [3.05, 3.63) is 48.2 Å². The number of hydrogen-bond donors (Lipinski definition) is 1. The standard InChI is InChI=1S/C15H17N3O/c1-2-15-17-13-10-11(16)5-6-14(13)18(15)8-7-12-4-3-9-19-12/h3-6,9-10H,2,7-8,16H2,1H3. The molecule has 1 aromatic carbocycles. The van der Waals surface area contributed by atoms with E-state index in [1.165, 1.54) is 0 Å². The summed E-state index contributed by atoms with van der Waals surface area (Å²) in [6.45, 7) is 2.99. The summed E-state index contributed by atoms with van der Waals surface area (Å²) in [5.41, 5.74) is 8.67. The summed E-state index contributed by atoms with van der Waals surface area (Å²) in [6, 6.07) is 9.81. The van der Waals surface area contributed by atoms with E-state index in [0.29, 0.717) is 0 Å². The molecule has 0 saturated heterocycles. The third-order valence-electron chi connectivity index (χ3n) is 3.33. The van der Waals surface area contributed by atoms with Gasteiger partial charge in [0.1, 0.15) is 11.6 Å². The Bertz CT molecular complexity index is 683. The topological polar surface area (TPSA) is 57.0 Å². The van der Waals surface area contributed by atoms with Crippen molar-refractivity contribution in [3.8, 4) is 0 Å². The van der Waals surface area contributed by atoms with Crippen molar-refractivity contribution in [2.75, 3.05) is 5.73 Å². The molecular weight excluding hydrogens is 238 g/mol. The molecule has 0 aliphatic rings. The Morgan fingerprint density at radius 1 is 1.32 bits per heavy atom. The van der Waals surface area contributed by atoms with Crippen LogP contribution in [0.15, 0.2) is 41.0 Å². The molecule has 4 heteroatoms. The van der Waals surface area contributed by atoms with Crippen LogP contribution in [0, 0.1) is 0 Å². The second-order valence-corrected chi connectivity index (χ2v) is 4.61. The fraction of sp³-hybridized carbons (Fsp3) is 0.267. The van der Waals surface area contributed by atoms with Gasteiger partial charge in [0.05, 0.1) is 17.3 Å². The fourth-order valence-corrected chi connectivity index (χ4v) is 2.39. The van der Waals surface area contributed by atoms with Gasteiger partial charge in [-0.15, -0.1) is 0 Å². The zero-order chi connectivity index (χ0) is 13.2. The molecule has 0 unspecified atom stereocenters. The lowest BCUT2D eigenvalue weighted by atomic mass is 10.2. The van der Waals surface area contributed by atoms with Gasteiger partial charge in [-0.25, -0.2) is 4.98 Å². The van der Waals surface area contributed by atoms with Gasteiger partial charge < -0.3 is 14.7 Å². The predicted molar refractivity (Wildman–Crippen MR) is 75.9 cm³/mol. The summed E-state index contributed by atoms with van der Waals surface area (Å²) in [5.74, 6) is 2.09. The van der Waals surface area contributed by atoms with Crippen molar-refractivity contribution in [2.24, 2.45) is 0 Å². The quantitative estimate of drug-likeness (QED) is 0.729. The summed E-state index contributed by atoms with van der Waals surface area (Å²) in [4.78, 5) is 4.64. The van der Waals surface area contributed by atoms with Gasteiger partial charge in [0.25, 0.3) is 0 Å². The summed E-state index contributed by atoms with van der Waals surface area (Å²) in [6.07, 6.45) is 3.49. The molecule has 0 spiro atoms. The fourth-order valence-electron chi connectivity index (χ4n) is 2.39. The van der Waals surface area contributed by atoms with E-state index in [9.17, 15) is 0 Å². The molecule has 0 aliphatic carbocycles.